The van der Waals surface area contributed by atoms with Gasteiger partial charge in [0.1, 0.15) is 5.69 Å². The summed E-state index contributed by atoms with van der Waals surface area (Å²) in [5.74, 6) is 0. The number of pyridine rings is 3. The Morgan fingerprint density at radius 3 is 2.26 bits per heavy atom. The van der Waals surface area contributed by atoms with Crippen LogP contribution in [0.3, 0.4) is 0 Å². The Hall–Kier alpha value is -3.60. The lowest BCUT2D eigenvalue weighted by Crippen LogP contribution is -2.32. The molecule has 5 nitrogen and oxygen atoms in total. The lowest BCUT2D eigenvalue weighted by Gasteiger charge is -2.32. The van der Waals surface area contributed by atoms with Crippen molar-refractivity contribution in [2.45, 2.75) is 11.8 Å². The van der Waals surface area contributed by atoms with Gasteiger partial charge in [-0.3, -0.25) is 20.1 Å². The minimum atomic E-state index is -0.422. The number of fused-ring (bicyclic) bond motifs is 1. The van der Waals surface area contributed by atoms with E-state index in [4.69, 9.17) is 0 Å². The van der Waals surface area contributed by atoms with Gasteiger partial charge < -0.3 is 0 Å². The lowest BCUT2D eigenvalue weighted by atomic mass is 9.72. The van der Waals surface area contributed by atoms with Gasteiger partial charge in [-0.2, -0.15) is 5.10 Å². The molecular formula is C22H17N5. The third-order valence-corrected chi connectivity index (χ3v) is 5.05. The summed E-state index contributed by atoms with van der Waals surface area (Å²) in [4.78, 5) is 13.5. The maximum Gasteiger partial charge on any atom is 0.101 e. The highest BCUT2D eigenvalue weighted by molar-refractivity contribution is 5.75. The minimum Gasteiger partial charge on any atom is -0.281 e. The molecule has 1 N–H and O–H groups in total. The standard InChI is InChI=1S/C22H17N5/c1-3-12-24-19(7-1)22(20-8-2-4-13-25-20)10-9-17-18(14-22)26-27-21(17)16-6-5-11-23-15-16/h1-13,15H,14H2,(H,26,27). The highest BCUT2D eigenvalue weighted by Crippen LogP contribution is 2.41. The van der Waals surface area contributed by atoms with Crippen molar-refractivity contribution in [3.8, 4) is 11.3 Å². The molecule has 0 atom stereocenters. The predicted molar refractivity (Wildman–Crippen MR) is 104 cm³/mol. The number of nitrogens with one attached hydrogen (secondary N) is 1. The summed E-state index contributed by atoms with van der Waals surface area (Å²) in [5.41, 5.74) is 5.63. The zero-order valence-corrected chi connectivity index (χ0v) is 14.6. The quantitative estimate of drug-likeness (QED) is 0.609. The average molecular weight is 351 g/mol. The smallest absolute Gasteiger partial charge is 0.101 e. The Balaban J connectivity index is 1.66. The van der Waals surface area contributed by atoms with Crippen molar-refractivity contribution < 1.29 is 0 Å². The van der Waals surface area contributed by atoms with Crippen LogP contribution in [0.15, 0.2) is 79.4 Å². The first-order valence-electron chi connectivity index (χ1n) is 8.87. The fourth-order valence-corrected chi connectivity index (χ4v) is 3.72. The van der Waals surface area contributed by atoms with Crippen LogP contribution in [0.5, 0.6) is 0 Å². The van der Waals surface area contributed by atoms with Crippen molar-refractivity contribution in [1.82, 2.24) is 25.1 Å². The zero-order valence-electron chi connectivity index (χ0n) is 14.6. The van der Waals surface area contributed by atoms with E-state index in [1.54, 1.807) is 6.20 Å². The second-order valence-corrected chi connectivity index (χ2v) is 6.62. The molecule has 4 aromatic rings. The number of hydrogen-bond donors (Lipinski definition) is 1. The molecule has 0 saturated heterocycles. The van der Waals surface area contributed by atoms with Crippen molar-refractivity contribution in [1.29, 1.82) is 0 Å². The van der Waals surface area contributed by atoms with Crippen molar-refractivity contribution >= 4 is 6.08 Å². The fraction of sp³-hybridized carbons (Fsp3) is 0.0909. The molecule has 0 radical (unpaired) electrons. The van der Waals surface area contributed by atoms with Gasteiger partial charge >= 0.3 is 0 Å². The number of rotatable bonds is 3. The van der Waals surface area contributed by atoms with Crippen LogP contribution in [0.25, 0.3) is 17.3 Å². The highest BCUT2D eigenvalue weighted by atomic mass is 15.1. The summed E-state index contributed by atoms with van der Waals surface area (Å²) in [6, 6.07) is 16.0. The zero-order chi connectivity index (χ0) is 18.1. The van der Waals surface area contributed by atoms with E-state index in [0.29, 0.717) is 0 Å². The van der Waals surface area contributed by atoms with E-state index in [1.807, 2.05) is 55.0 Å². The lowest BCUT2D eigenvalue weighted by molar-refractivity contribution is 0.582. The van der Waals surface area contributed by atoms with Gasteiger partial charge in [0.2, 0.25) is 0 Å². The summed E-state index contributed by atoms with van der Waals surface area (Å²) in [7, 11) is 0. The second-order valence-electron chi connectivity index (χ2n) is 6.62. The number of H-pyrrole nitrogens is 1. The number of nitrogens with zero attached hydrogens (tertiary/aromatic N) is 4. The van der Waals surface area contributed by atoms with Gasteiger partial charge in [0, 0.05) is 48.0 Å². The van der Waals surface area contributed by atoms with Crippen LogP contribution < -0.4 is 0 Å². The third kappa shape index (κ3) is 2.56. The van der Waals surface area contributed by atoms with Crippen molar-refractivity contribution in [3.05, 3.63) is 102 Å². The first-order valence-corrected chi connectivity index (χ1v) is 8.87. The van der Waals surface area contributed by atoms with E-state index < -0.39 is 5.41 Å². The van der Waals surface area contributed by atoms with Crippen molar-refractivity contribution in [3.63, 3.8) is 0 Å². The Kier molecular flexibility index (Phi) is 3.64. The molecule has 4 aromatic heterocycles. The molecule has 0 aliphatic heterocycles. The molecule has 0 aromatic carbocycles. The molecule has 5 heteroatoms. The molecule has 0 saturated carbocycles. The van der Waals surface area contributed by atoms with E-state index in [9.17, 15) is 0 Å². The highest BCUT2D eigenvalue weighted by Gasteiger charge is 2.38. The van der Waals surface area contributed by atoms with Gasteiger partial charge in [-0.05, 0) is 36.4 Å². The number of allylic oxidation sites excluding steroid dienone is 1. The van der Waals surface area contributed by atoms with Crippen LogP contribution in [0.4, 0.5) is 0 Å². The van der Waals surface area contributed by atoms with Crippen LogP contribution in [-0.4, -0.2) is 25.1 Å². The second kappa shape index (κ2) is 6.29. The molecule has 1 aliphatic carbocycles. The SMILES string of the molecule is C1=CC(c2ccccn2)(c2ccccn2)Cc2[nH]nc(-c3cccnc3)c21. The Bertz CT molecular complexity index is 1050. The van der Waals surface area contributed by atoms with E-state index in [1.165, 1.54) is 0 Å². The van der Waals surface area contributed by atoms with Crippen LogP contribution in [0, 0.1) is 0 Å². The first-order chi connectivity index (χ1) is 13.4. The van der Waals surface area contributed by atoms with Gasteiger partial charge in [0.05, 0.1) is 16.8 Å². The van der Waals surface area contributed by atoms with Gasteiger partial charge in [0.25, 0.3) is 0 Å². The Morgan fingerprint density at radius 2 is 1.63 bits per heavy atom. The number of aromatic nitrogens is 5. The van der Waals surface area contributed by atoms with Crippen molar-refractivity contribution in [2.75, 3.05) is 0 Å². The van der Waals surface area contributed by atoms with Gasteiger partial charge in [-0.1, -0.05) is 24.3 Å². The molecular weight excluding hydrogens is 334 g/mol. The predicted octanol–water partition coefficient (Wildman–Crippen LogP) is 3.82. The van der Waals surface area contributed by atoms with E-state index in [0.717, 1.165) is 40.3 Å². The molecule has 0 fully saturated rings. The van der Waals surface area contributed by atoms with Crippen molar-refractivity contribution in [2.24, 2.45) is 0 Å². The van der Waals surface area contributed by atoms with Gasteiger partial charge in [-0.15, -0.1) is 0 Å². The maximum atomic E-state index is 4.65. The van der Waals surface area contributed by atoms with Gasteiger partial charge in [-0.25, -0.2) is 0 Å². The van der Waals surface area contributed by atoms with E-state index in [2.05, 4.69) is 49.4 Å². The van der Waals surface area contributed by atoms with Crippen LogP contribution >= 0.6 is 0 Å². The molecule has 0 spiro atoms. The van der Waals surface area contributed by atoms with Crippen LogP contribution in [-0.2, 0) is 11.8 Å². The summed E-state index contributed by atoms with van der Waals surface area (Å²) in [5, 5.41) is 7.80. The molecule has 4 heterocycles. The summed E-state index contributed by atoms with van der Waals surface area (Å²) >= 11 is 0. The molecule has 1 aliphatic rings. The summed E-state index contributed by atoms with van der Waals surface area (Å²) in [6.07, 6.45) is 12.3. The number of hydrogen-bond acceptors (Lipinski definition) is 4. The maximum absolute atomic E-state index is 4.65. The first kappa shape index (κ1) is 15.6. The average Bonchev–Trinajstić information content (AvgIpc) is 3.18. The largest absolute Gasteiger partial charge is 0.281 e. The molecule has 0 amide bonds. The molecule has 130 valence electrons. The Morgan fingerprint density at radius 1 is 0.852 bits per heavy atom. The fourth-order valence-electron chi connectivity index (χ4n) is 3.72. The van der Waals surface area contributed by atoms with E-state index >= 15 is 0 Å². The van der Waals surface area contributed by atoms with Crippen LogP contribution in [0.1, 0.15) is 22.6 Å². The summed E-state index contributed by atoms with van der Waals surface area (Å²) in [6.45, 7) is 0. The summed E-state index contributed by atoms with van der Waals surface area (Å²) < 4.78 is 0. The normalized spacial score (nSPS) is 14.7. The van der Waals surface area contributed by atoms with E-state index in [-0.39, 0.29) is 0 Å². The Labute approximate surface area is 156 Å². The molecule has 27 heavy (non-hydrogen) atoms. The minimum absolute atomic E-state index is 0.422. The molecule has 0 unspecified atom stereocenters. The van der Waals surface area contributed by atoms with Crippen LogP contribution in [0.2, 0.25) is 0 Å². The van der Waals surface area contributed by atoms with Gasteiger partial charge in [0.15, 0.2) is 0 Å². The molecule has 0 bridgehead atoms. The third-order valence-electron chi connectivity index (χ3n) is 5.05. The monoisotopic (exact) mass is 351 g/mol. The molecule has 5 rings (SSSR count). The topological polar surface area (TPSA) is 67.3 Å². The number of aromatic amines is 1.